The largest absolute Gasteiger partial charge is 0.348 e. The number of carbonyl (C=O) groups excluding carboxylic acids is 1. The van der Waals surface area contributed by atoms with Gasteiger partial charge in [0.15, 0.2) is 11.5 Å². The van der Waals surface area contributed by atoms with Crippen molar-refractivity contribution in [3.63, 3.8) is 0 Å². The molecule has 0 atom stereocenters. The molecule has 0 bridgehead atoms. The minimum absolute atomic E-state index is 0.194. The fraction of sp³-hybridized carbons (Fsp3) is 0.263. The maximum absolute atomic E-state index is 12.7. The lowest BCUT2D eigenvalue weighted by molar-refractivity contribution is 0.208. The molecule has 0 spiro atoms. The number of aromatic nitrogens is 3. The van der Waals surface area contributed by atoms with Crippen LogP contribution in [0.15, 0.2) is 47.4 Å². The first kappa shape index (κ1) is 18.2. The molecule has 9 heteroatoms. The van der Waals surface area contributed by atoms with Crippen LogP contribution in [0, 0.1) is 0 Å². The quantitative estimate of drug-likeness (QED) is 0.716. The van der Waals surface area contributed by atoms with E-state index in [1.54, 1.807) is 36.3 Å². The maximum Gasteiger partial charge on any atom is 0.322 e. The summed E-state index contributed by atoms with van der Waals surface area (Å²) in [6.45, 7) is 1.99. The number of hydrogen-bond acceptors (Lipinski definition) is 5. The van der Waals surface area contributed by atoms with Gasteiger partial charge >= 0.3 is 6.03 Å². The van der Waals surface area contributed by atoms with E-state index in [-0.39, 0.29) is 11.6 Å². The number of carbonyl (C=O) groups is 1. The summed E-state index contributed by atoms with van der Waals surface area (Å²) in [5, 5.41) is 3.32. The topological polar surface area (TPSA) is 83.4 Å². The van der Waals surface area contributed by atoms with E-state index in [0.29, 0.717) is 53.9 Å². The summed E-state index contributed by atoms with van der Waals surface area (Å²) in [5.74, 6) is 0.383. The Morgan fingerprint density at radius 3 is 2.61 bits per heavy atom. The zero-order valence-corrected chi connectivity index (χ0v) is 16.1. The van der Waals surface area contributed by atoms with Crippen LogP contribution in [0.25, 0.3) is 11.2 Å². The van der Waals surface area contributed by atoms with Crippen molar-refractivity contribution >= 4 is 40.3 Å². The zero-order valence-electron chi connectivity index (χ0n) is 15.3. The second-order valence-corrected chi connectivity index (χ2v) is 6.94. The number of hydrogen-bond donors (Lipinski definition) is 1. The van der Waals surface area contributed by atoms with Gasteiger partial charge in [0.2, 0.25) is 0 Å². The van der Waals surface area contributed by atoms with Crippen LogP contribution in [0.1, 0.15) is 0 Å². The molecule has 1 N–H and O–H groups in total. The van der Waals surface area contributed by atoms with Crippen LogP contribution >= 0.6 is 11.6 Å². The third kappa shape index (κ3) is 3.38. The fourth-order valence-electron chi connectivity index (χ4n) is 3.23. The summed E-state index contributed by atoms with van der Waals surface area (Å²) >= 11 is 6.10. The molecule has 2 aromatic heterocycles. The second-order valence-electron chi connectivity index (χ2n) is 6.53. The fourth-order valence-corrected chi connectivity index (χ4v) is 3.41. The SMILES string of the molecule is Cn1c(=O)c(N2CCN(C(=O)Nc3ccccc3Cl)CC2)nc2cccnc21. The molecule has 0 aliphatic carbocycles. The predicted octanol–water partition coefficient (Wildman–Crippen LogP) is 2.34. The van der Waals surface area contributed by atoms with E-state index < -0.39 is 0 Å². The van der Waals surface area contributed by atoms with E-state index in [1.165, 1.54) is 4.57 Å². The Morgan fingerprint density at radius 2 is 1.86 bits per heavy atom. The summed E-state index contributed by atoms with van der Waals surface area (Å²) in [6.07, 6.45) is 1.64. The summed E-state index contributed by atoms with van der Waals surface area (Å²) < 4.78 is 1.51. The molecule has 4 rings (SSSR count). The third-order valence-corrected chi connectivity index (χ3v) is 5.12. The van der Waals surface area contributed by atoms with Crippen molar-refractivity contribution in [3.05, 3.63) is 58.0 Å². The first-order chi connectivity index (χ1) is 13.5. The molecule has 0 radical (unpaired) electrons. The molecule has 144 valence electrons. The van der Waals surface area contributed by atoms with Crippen LogP contribution in [0.4, 0.5) is 16.3 Å². The Balaban J connectivity index is 1.48. The number of benzene rings is 1. The van der Waals surface area contributed by atoms with E-state index in [0.717, 1.165) is 0 Å². The summed E-state index contributed by atoms with van der Waals surface area (Å²) in [5.41, 5.74) is 1.60. The van der Waals surface area contributed by atoms with Gasteiger partial charge in [-0.1, -0.05) is 23.7 Å². The first-order valence-corrected chi connectivity index (χ1v) is 9.29. The van der Waals surface area contributed by atoms with Crippen LogP contribution in [0.2, 0.25) is 5.02 Å². The lowest BCUT2D eigenvalue weighted by Crippen LogP contribution is -2.51. The van der Waals surface area contributed by atoms with Gasteiger partial charge in [-0.25, -0.2) is 14.8 Å². The lowest BCUT2D eigenvalue weighted by atomic mass is 10.3. The Hall–Kier alpha value is -3.13. The zero-order chi connectivity index (χ0) is 19.7. The molecule has 0 unspecified atom stereocenters. The van der Waals surface area contributed by atoms with Crippen molar-refractivity contribution in [2.45, 2.75) is 0 Å². The van der Waals surface area contributed by atoms with Crippen LogP contribution in [-0.2, 0) is 7.05 Å². The van der Waals surface area contributed by atoms with Crippen molar-refractivity contribution < 1.29 is 4.79 Å². The lowest BCUT2D eigenvalue weighted by Gasteiger charge is -2.35. The molecule has 1 aromatic carbocycles. The van der Waals surface area contributed by atoms with E-state index >= 15 is 0 Å². The van der Waals surface area contributed by atoms with Gasteiger partial charge in [-0.15, -0.1) is 0 Å². The molecule has 1 aliphatic heterocycles. The van der Waals surface area contributed by atoms with Crippen LogP contribution in [0.5, 0.6) is 0 Å². The average molecular weight is 399 g/mol. The molecule has 3 heterocycles. The van der Waals surface area contributed by atoms with Crippen LogP contribution in [-0.4, -0.2) is 51.6 Å². The molecule has 28 heavy (non-hydrogen) atoms. The molecule has 8 nitrogen and oxygen atoms in total. The Labute approximate surface area is 166 Å². The molecule has 2 amide bonds. The smallest absolute Gasteiger partial charge is 0.322 e. The number of halogens is 1. The molecular weight excluding hydrogens is 380 g/mol. The number of pyridine rings is 1. The number of anilines is 2. The number of rotatable bonds is 2. The molecule has 3 aromatic rings. The summed E-state index contributed by atoms with van der Waals surface area (Å²) in [7, 11) is 1.69. The van der Waals surface area contributed by atoms with E-state index in [9.17, 15) is 9.59 Å². The van der Waals surface area contributed by atoms with Crippen LogP contribution in [0.3, 0.4) is 0 Å². The average Bonchev–Trinajstić information content (AvgIpc) is 2.72. The number of nitrogens with zero attached hydrogens (tertiary/aromatic N) is 5. The van der Waals surface area contributed by atoms with Crippen molar-refractivity contribution in [1.29, 1.82) is 0 Å². The highest BCUT2D eigenvalue weighted by Gasteiger charge is 2.24. The van der Waals surface area contributed by atoms with E-state index in [1.807, 2.05) is 23.1 Å². The van der Waals surface area contributed by atoms with E-state index in [4.69, 9.17) is 11.6 Å². The minimum atomic E-state index is -0.212. The first-order valence-electron chi connectivity index (χ1n) is 8.92. The van der Waals surface area contributed by atoms with Crippen LogP contribution < -0.4 is 15.8 Å². The summed E-state index contributed by atoms with van der Waals surface area (Å²) in [6, 6.07) is 10.5. The predicted molar refractivity (Wildman–Crippen MR) is 109 cm³/mol. The Bertz CT molecular complexity index is 1090. The number of urea groups is 1. The van der Waals surface area contributed by atoms with Gasteiger partial charge in [0, 0.05) is 39.4 Å². The normalized spacial score (nSPS) is 14.4. The minimum Gasteiger partial charge on any atom is -0.348 e. The standard InChI is InChI=1S/C19H19ClN6O2/c1-24-16-15(7-4-8-21-16)22-17(18(24)27)25-9-11-26(12-10-25)19(28)23-14-6-3-2-5-13(14)20/h2-8H,9-12H2,1H3,(H,23,28). The maximum atomic E-state index is 12.7. The molecular formula is C19H19ClN6O2. The highest BCUT2D eigenvalue weighted by Crippen LogP contribution is 2.21. The molecule has 0 saturated carbocycles. The van der Waals surface area contributed by atoms with Gasteiger partial charge < -0.3 is 15.1 Å². The highest BCUT2D eigenvalue weighted by molar-refractivity contribution is 6.33. The second kappa shape index (κ2) is 7.47. The van der Waals surface area contributed by atoms with Gasteiger partial charge in [-0.2, -0.15) is 0 Å². The monoisotopic (exact) mass is 398 g/mol. The number of piperazine rings is 1. The van der Waals surface area contributed by atoms with Gasteiger partial charge in [0.05, 0.1) is 10.7 Å². The number of aryl methyl sites for hydroxylation is 1. The van der Waals surface area contributed by atoms with Gasteiger partial charge in [0.25, 0.3) is 5.56 Å². The highest BCUT2D eigenvalue weighted by atomic mass is 35.5. The number of nitrogens with one attached hydrogen (secondary N) is 1. The molecule has 1 aliphatic rings. The summed E-state index contributed by atoms with van der Waals surface area (Å²) in [4.78, 5) is 37.5. The number of fused-ring (bicyclic) bond motifs is 1. The van der Waals surface area contributed by atoms with Crippen molar-refractivity contribution in [2.75, 3.05) is 36.4 Å². The van der Waals surface area contributed by atoms with Gasteiger partial charge in [0.1, 0.15) is 5.52 Å². The third-order valence-electron chi connectivity index (χ3n) is 4.79. The Morgan fingerprint density at radius 1 is 1.11 bits per heavy atom. The van der Waals surface area contributed by atoms with Crippen molar-refractivity contribution in [1.82, 2.24) is 19.4 Å². The van der Waals surface area contributed by atoms with Gasteiger partial charge in [-0.05, 0) is 24.3 Å². The molecule has 1 fully saturated rings. The number of amides is 2. The van der Waals surface area contributed by atoms with Gasteiger partial charge in [-0.3, -0.25) is 9.36 Å². The van der Waals surface area contributed by atoms with Crippen molar-refractivity contribution in [3.8, 4) is 0 Å². The van der Waals surface area contributed by atoms with Crippen molar-refractivity contribution in [2.24, 2.45) is 7.05 Å². The number of para-hydroxylation sites is 1. The molecule has 1 saturated heterocycles. The Kier molecular flexibility index (Phi) is 4.87. The van der Waals surface area contributed by atoms with E-state index in [2.05, 4.69) is 15.3 Å².